The summed E-state index contributed by atoms with van der Waals surface area (Å²) in [7, 11) is 4.93. The summed E-state index contributed by atoms with van der Waals surface area (Å²) in [6.07, 6.45) is 3.33. The SMILES string of the molecule is COCCN1CC[C@]12CCCN(C(=O)c1cc(OC)ccc1OC)C2. The molecule has 0 N–H and O–H groups in total. The number of hydrogen-bond donors (Lipinski definition) is 0. The average molecular weight is 348 g/mol. The Morgan fingerprint density at radius 3 is 2.64 bits per heavy atom. The maximum absolute atomic E-state index is 13.1. The summed E-state index contributed by atoms with van der Waals surface area (Å²) in [6.45, 7) is 4.32. The zero-order valence-corrected chi connectivity index (χ0v) is 15.4. The fourth-order valence-corrected chi connectivity index (χ4v) is 4.04. The maximum atomic E-state index is 13.1. The Morgan fingerprint density at radius 1 is 1.16 bits per heavy atom. The summed E-state index contributed by atoms with van der Waals surface area (Å²) in [5, 5.41) is 0. The number of ether oxygens (including phenoxy) is 3. The van der Waals surface area contributed by atoms with Gasteiger partial charge in [-0.2, -0.15) is 0 Å². The van der Waals surface area contributed by atoms with Crippen molar-refractivity contribution in [3.8, 4) is 11.5 Å². The number of carbonyl (C=O) groups is 1. The molecule has 2 heterocycles. The smallest absolute Gasteiger partial charge is 0.257 e. The van der Waals surface area contributed by atoms with Crippen molar-refractivity contribution >= 4 is 5.91 Å². The van der Waals surface area contributed by atoms with E-state index in [0.29, 0.717) is 17.1 Å². The molecule has 1 spiro atoms. The molecule has 1 amide bonds. The van der Waals surface area contributed by atoms with Crippen molar-refractivity contribution in [1.29, 1.82) is 0 Å². The van der Waals surface area contributed by atoms with Crippen molar-refractivity contribution in [3.63, 3.8) is 0 Å². The van der Waals surface area contributed by atoms with Gasteiger partial charge in [-0.1, -0.05) is 0 Å². The predicted molar refractivity (Wildman–Crippen MR) is 95.5 cm³/mol. The second-order valence-corrected chi connectivity index (χ2v) is 6.85. The van der Waals surface area contributed by atoms with E-state index in [9.17, 15) is 4.79 Å². The highest BCUT2D eigenvalue weighted by atomic mass is 16.5. The van der Waals surface area contributed by atoms with Gasteiger partial charge in [0, 0.05) is 38.8 Å². The molecule has 0 saturated carbocycles. The van der Waals surface area contributed by atoms with Crippen molar-refractivity contribution < 1.29 is 19.0 Å². The van der Waals surface area contributed by atoms with Gasteiger partial charge in [-0.25, -0.2) is 0 Å². The lowest BCUT2D eigenvalue weighted by Gasteiger charge is -2.57. The van der Waals surface area contributed by atoms with Crippen LogP contribution < -0.4 is 9.47 Å². The van der Waals surface area contributed by atoms with E-state index in [1.165, 1.54) is 0 Å². The molecule has 6 heteroatoms. The lowest BCUT2D eigenvalue weighted by atomic mass is 9.77. The molecule has 1 atom stereocenters. The van der Waals surface area contributed by atoms with Crippen LogP contribution in [0.15, 0.2) is 18.2 Å². The average Bonchev–Trinajstić information content (AvgIpc) is 2.66. The van der Waals surface area contributed by atoms with Gasteiger partial charge in [-0.05, 0) is 37.5 Å². The molecule has 0 aromatic heterocycles. The Hall–Kier alpha value is -1.79. The first-order valence-electron chi connectivity index (χ1n) is 8.89. The first-order valence-corrected chi connectivity index (χ1v) is 8.89. The van der Waals surface area contributed by atoms with Crippen LogP contribution in [-0.4, -0.2) is 75.4 Å². The Balaban J connectivity index is 1.76. The molecule has 3 rings (SSSR count). The number of carbonyl (C=O) groups excluding carboxylic acids is 1. The Bertz CT molecular complexity index is 621. The van der Waals surface area contributed by atoms with Gasteiger partial charge in [0.25, 0.3) is 5.91 Å². The van der Waals surface area contributed by atoms with Crippen molar-refractivity contribution in [3.05, 3.63) is 23.8 Å². The van der Waals surface area contributed by atoms with E-state index in [0.717, 1.165) is 52.0 Å². The lowest BCUT2D eigenvalue weighted by molar-refractivity contribution is -0.0679. The molecule has 2 aliphatic heterocycles. The summed E-state index contributed by atoms with van der Waals surface area (Å²) in [6, 6.07) is 5.37. The molecule has 2 saturated heterocycles. The third-order valence-corrected chi connectivity index (χ3v) is 5.56. The van der Waals surface area contributed by atoms with Crippen LogP contribution in [0.2, 0.25) is 0 Å². The van der Waals surface area contributed by atoms with E-state index in [1.807, 2.05) is 11.0 Å². The number of rotatable bonds is 6. The van der Waals surface area contributed by atoms with Crippen LogP contribution >= 0.6 is 0 Å². The van der Waals surface area contributed by atoms with Crippen LogP contribution in [0.25, 0.3) is 0 Å². The molecule has 0 radical (unpaired) electrons. The number of benzene rings is 1. The molecule has 0 aliphatic carbocycles. The molecule has 2 fully saturated rings. The highest BCUT2D eigenvalue weighted by molar-refractivity contribution is 5.97. The fourth-order valence-electron chi connectivity index (χ4n) is 4.04. The van der Waals surface area contributed by atoms with Crippen LogP contribution in [-0.2, 0) is 4.74 Å². The quantitative estimate of drug-likeness (QED) is 0.787. The third kappa shape index (κ3) is 3.46. The third-order valence-electron chi connectivity index (χ3n) is 5.56. The van der Waals surface area contributed by atoms with Gasteiger partial charge >= 0.3 is 0 Å². The number of piperidine rings is 1. The number of likely N-dealkylation sites (tertiary alicyclic amines) is 2. The maximum Gasteiger partial charge on any atom is 0.257 e. The Labute approximate surface area is 149 Å². The van der Waals surface area contributed by atoms with Crippen LogP contribution in [0, 0.1) is 0 Å². The number of hydrogen-bond acceptors (Lipinski definition) is 5. The van der Waals surface area contributed by atoms with Gasteiger partial charge < -0.3 is 19.1 Å². The molecule has 0 bridgehead atoms. The van der Waals surface area contributed by atoms with Gasteiger partial charge in [0.1, 0.15) is 11.5 Å². The zero-order chi connectivity index (χ0) is 17.9. The summed E-state index contributed by atoms with van der Waals surface area (Å²) in [5.74, 6) is 1.28. The minimum absolute atomic E-state index is 0.0217. The van der Waals surface area contributed by atoms with E-state index in [-0.39, 0.29) is 11.4 Å². The molecule has 138 valence electrons. The van der Waals surface area contributed by atoms with E-state index in [1.54, 1.807) is 33.5 Å². The summed E-state index contributed by atoms with van der Waals surface area (Å²) >= 11 is 0. The monoisotopic (exact) mass is 348 g/mol. The number of methoxy groups -OCH3 is 3. The van der Waals surface area contributed by atoms with E-state index < -0.39 is 0 Å². The zero-order valence-electron chi connectivity index (χ0n) is 15.4. The van der Waals surface area contributed by atoms with E-state index in [2.05, 4.69) is 4.90 Å². The predicted octanol–water partition coefficient (Wildman–Crippen LogP) is 2.03. The molecule has 6 nitrogen and oxygen atoms in total. The van der Waals surface area contributed by atoms with Crippen LogP contribution in [0.4, 0.5) is 0 Å². The Morgan fingerprint density at radius 2 is 2.00 bits per heavy atom. The Kier molecular flexibility index (Phi) is 5.49. The first kappa shape index (κ1) is 18.0. The summed E-state index contributed by atoms with van der Waals surface area (Å²) in [4.78, 5) is 17.6. The van der Waals surface area contributed by atoms with Crippen molar-refractivity contribution in [2.45, 2.75) is 24.8 Å². The highest BCUT2D eigenvalue weighted by Crippen LogP contribution is 2.39. The molecule has 1 aromatic rings. The van der Waals surface area contributed by atoms with Gasteiger partial charge in [0.05, 0.1) is 26.4 Å². The van der Waals surface area contributed by atoms with E-state index >= 15 is 0 Å². The second-order valence-electron chi connectivity index (χ2n) is 6.85. The molecule has 2 aliphatic rings. The standard InChI is InChI=1S/C19H28N2O4/c1-23-12-11-21-10-8-19(21)7-4-9-20(14-19)18(22)16-13-15(24-2)5-6-17(16)25-3/h5-6,13H,4,7-12,14H2,1-3H3/t19-/m0/s1. The van der Waals surface area contributed by atoms with Gasteiger partial charge in [0.2, 0.25) is 0 Å². The van der Waals surface area contributed by atoms with Crippen molar-refractivity contribution in [1.82, 2.24) is 9.80 Å². The number of nitrogens with zero attached hydrogens (tertiary/aromatic N) is 2. The van der Waals surface area contributed by atoms with Crippen LogP contribution in [0.1, 0.15) is 29.6 Å². The van der Waals surface area contributed by atoms with Crippen LogP contribution in [0.5, 0.6) is 11.5 Å². The largest absolute Gasteiger partial charge is 0.497 e. The molecular formula is C19H28N2O4. The van der Waals surface area contributed by atoms with Gasteiger partial charge in [0.15, 0.2) is 0 Å². The lowest BCUT2D eigenvalue weighted by Crippen LogP contribution is -2.67. The summed E-state index contributed by atoms with van der Waals surface area (Å²) < 4.78 is 15.9. The molecule has 1 aromatic carbocycles. The normalized spacial score (nSPS) is 23.4. The summed E-state index contributed by atoms with van der Waals surface area (Å²) in [5.41, 5.74) is 0.695. The topological polar surface area (TPSA) is 51.2 Å². The first-order chi connectivity index (χ1) is 12.1. The second kappa shape index (κ2) is 7.62. The molecule has 0 unspecified atom stereocenters. The minimum Gasteiger partial charge on any atom is -0.497 e. The van der Waals surface area contributed by atoms with Crippen molar-refractivity contribution in [2.75, 3.05) is 54.1 Å². The highest BCUT2D eigenvalue weighted by Gasteiger charge is 2.47. The van der Waals surface area contributed by atoms with Gasteiger partial charge in [-0.15, -0.1) is 0 Å². The molecule has 25 heavy (non-hydrogen) atoms. The van der Waals surface area contributed by atoms with Crippen molar-refractivity contribution in [2.24, 2.45) is 0 Å². The number of amides is 1. The molecular weight excluding hydrogens is 320 g/mol. The van der Waals surface area contributed by atoms with Gasteiger partial charge in [-0.3, -0.25) is 9.69 Å². The minimum atomic E-state index is 0.0217. The van der Waals surface area contributed by atoms with E-state index in [4.69, 9.17) is 14.2 Å². The van der Waals surface area contributed by atoms with Crippen LogP contribution in [0.3, 0.4) is 0 Å². The fraction of sp³-hybridized carbons (Fsp3) is 0.632.